The van der Waals surface area contributed by atoms with E-state index < -0.39 is 11.7 Å². The lowest BCUT2D eigenvalue weighted by atomic mass is 10.2. The van der Waals surface area contributed by atoms with Crippen LogP contribution in [-0.4, -0.2) is 25.1 Å². The minimum absolute atomic E-state index is 0.00727. The molecule has 3 N–H and O–H groups in total. The van der Waals surface area contributed by atoms with Crippen molar-refractivity contribution in [1.82, 2.24) is 5.32 Å². The number of urea groups is 1. The molecule has 0 saturated carbocycles. The average molecular weight is 345 g/mol. The summed E-state index contributed by atoms with van der Waals surface area (Å²) in [5.74, 6) is -1.01. The number of ether oxygens (including phenoxy) is 1. The van der Waals surface area contributed by atoms with E-state index in [-0.39, 0.29) is 23.4 Å². The summed E-state index contributed by atoms with van der Waals surface area (Å²) in [7, 11) is 1.35. The van der Waals surface area contributed by atoms with Gasteiger partial charge in [0.2, 0.25) is 0 Å². The highest BCUT2D eigenvalue weighted by Gasteiger charge is 2.11. The summed E-state index contributed by atoms with van der Waals surface area (Å²) in [6, 6.07) is 10.3. The molecule has 2 aromatic carbocycles. The smallest absolute Gasteiger partial charge is 0.319 e. The quantitative estimate of drug-likeness (QED) is 0.774. The summed E-state index contributed by atoms with van der Waals surface area (Å²) < 4.78 is 18.5. The minimum Gasteiger partial charge on any atom is -0.494 e. The Kier molecular flexibility index (Phi) is 5.94. The molecule has 7 heteroatoms. The second-order valence-electron chi connectivity index (χ2n) is 5.64. The zero-order valence-corrected chi connectivity index (χ0v) is 14.2. The Morgan fingerprint density at radius 1 is 1.04 bits per heavy atom. The number of methoxy groups -OCH3 is 1. The number of rotatable bonds is 5. The maximum absolute atomic E-state index is 13.7. The van der Waals surface area contributed by atoms with Crippen LogP contribution in [0.4, 0.5) is 20.6 Å². The van der Waals surface area contributed by atoms with Gasteiger partial charge >= 0.3 is 6.03 Å². The van der Waals surface area contributed by atoms with Crippen LogP contribution in [0, 0.1) is 5.82 Å². The Labute approximate surface area is 145 Å². The molecule has 0 aliphatic heterocycles. The van der Waals surface area contributed by atoms with E-state index in [0.29, 0.717) is 11.4 Å². The van der Waals surface area contributed by atoms with Crippen molar-refractivity contribution in [2.45, 2.75) is 19.9 Å². The maximum Gasteiger partial charge on any atom is 0.319 e. The average Bonchev–Trinajstić information content (AvgIpc) is 2.54. The normalized spacial score (nSPS) is 10.3. The number of halogens is 1. The van der Waals surface area contributed by atoms with Crippen LogP contribution in [0.25, 0.3) is 0 Å². The molecule has 2 aromatic rings. The van der Waals surface area contributed by atoms with E-state index in [9.17, 15) is 14.0 Å². The lowest BCUT2D eigenvalue weighted by Gasteiger charge is -2.12. The van der Waals surface area contributed by atoms with Gasteiger partial charge in [-0.3, -0.25) is 4.79 Å². The van der Waals surface area contributed by atoms with Gasteiger partial charge in [-0.05, 0) is 50.2 Å². The molecule has 0 unspecified atom stereocenters. The summed E-state index contributed by atoms with van der Waals surface area (Å²) in [6.45, 7) is 3.70. The van der Waals surface area contributed by atoms with E-state index in [1.54, 1.807) is 24.3 Å². The van der Waals surface area contributed by atoms with Crippen LogP contribution < -0.4 is 20.7 Å². The van der Waals surface area contributed by atoms with Gasteiger partial charge in [-0.2, -0.15) is 0 Å². The second-order valence-corrected chi connectivity index (χ2v) is 5.64. The first-order valence-electron chi connectivity index (χ1n) is 7.71. The number of amides is 3. The summed E-state index contributed by atoms with van der Waals surface area (Å²) in [4.78, 5) is 23.9. The van der Waals surface area contributed by atoms with E-state index in [1.807, 2.05) is 13.8 Å². The molecule has 0 saturated heterocycles. The molecule has 132 valence electrons. The van der Waals surface area contributed by atoms with Crippen molar-refractivity contribution in [2.24, 2.45) is 0 Å². The Morgan fingerprint density at radius 3 is 2.32 bits per heavy atom. The van der Waals surface area contributed by atoms with Gasteiger partial charge in [-0.1, -0.05) is 6.07 Å². The molecule has 3 amide bonds. The highest BCUT2D eigenvalue weighted by Crippen LogP contribution is 2.20. The molecular weight excluding hydrogens is 325 g/mol. The van der Waals surface area contributed by atoms with Gasteiger partial charge in [-0.25, -0.2) is 9.18 Å². The highest BCUT2D eigenvalue weighted by molar-refractivity contribution is 6.04. The van der Waals surface area contributed by atoms with Gasteiger partial charge in [0.1, 0.15) is 0 Å². The molecule has 0 atom stereocenters. The van der Waals surface area contributed by atoms with Crippen LogP contribution in [0.3, 0.4) is 0 Å². The lowest BCUT2D eigenvalue weighted by molar-refractivity contribution is 0.102. The van der Waals surface area contributed by atoms with Crippen molar-refractivity contribution in [3.05, 3.63) is 53.8 Å². The molecule has 0 aliphatic carbocycles. The predicted molar refractivity (Wildman–Crippen MR) is 94.6 cm³/mol. The Morgan fingerprint density at radius 2 is 1.72 bits per heavy atom. The molecule has 0 fully saturated rings. The monoisotopic (exact) mass is 345 g/mol. The predicted octanol–water partition coefficient (Wildman–Crippen LogP) is 3.62. The number of carbonyl (C=O) groups excluding carboxylic acids is 2. The zero-order valence-electron chi connectivity index (χ0n) is 14.2. The molecule has 0 aromatic heterocycles. The molecule has 0 aliphatic rings. The number of carbonyl (C=O) groups is 2. The van der Waals surface area contributed by atoms with Crippen LogP contribution in [0.5, 0.6) is 5.75 Å². The third-order valence-corrected chi connectivity index (χ3v) is 3.21. The molecule has 25 heavy (non-hydrogen) atoms. The van der Waals surface area contributed by atoms with Gasteiger partial charge in [-0.15, -0.1) is 0 Å². The van der Waals surface area contributed by atoms with Crippen molar-refractivity contribution >= 4 is 23.3 Å². The first-order valence-corrected chi connectivity index (χ1v) is 7.71. The molecule has 6 nitrogen and oxygen atoms in total. The molecule has 0 spiro atoms. The lowest BCUT2D eigenvalue weighted by Crippen LogP contribution is -2.34. The van der Waals surface area contributed by atoms with Crippen molar-refractivity contribution in [2.75, 3.05) is 17.7 Å². The molecule has 0 radical (unpaired) electrons. The summed E-state index contributed by atoms with van der Waals surface area (Å²) in [5, 5.41) is 8.04. The van der Waals surface area contributed by atoms with E-state index in [1.165, 1.54) is 19.2 Å². The summed E-state index contributed by atoms with van der Waals surface area (Å²) >= 11 is 0. The fraction of sp³-hybridized carbons (Fsp3) is 0.222. The maximum atomic E-state index is 13.7. The topological polar surface area (TPSA) is 79.5 Å². The largest absolute Gasteiger partial charge is 0.494 e. The number of benzene rings is 2. The summed E-state index contributed by atoms with van der Waals surface area (Å²) in [6.07, 6.45) is 0. The standard InChI is InChI=1S/C18H20FN3O3/c1-11(2)20-18(24)22-14-6-4-5-13(10-14)21-17(23)12-7-8-16(25-3)15(19)9-12/h4-11H,1-3H3,(H,21,23)(H2,20,22,24). The minimum atomic E-state index is -0.615. The fourth-order valence-electron chi connectivity index (χ4n) is 2.11. The molecule has 0 bridgehead atoms. The first kappa shape index (κ1) is 18.3. The van der Waals surface area contributed by atoms with E-state index in [4.69, 9.17) is 4.74 Å². The number of nitrogens with one attached hydrogen (secondary N) is 3. The number of hydrogen-bond acceptors (Lipinski definition) is 3. The van der Waals surface area contributed by atoms with Gasteiger partial charge in [0, 0.05) is 23.0 Å². The van der Waals surface area contributed by atoms with Crippen LogP contribution in [0.15, 0.2) is 42.5 Å². The van der Waals surface area contributed by atoms with Crippen LogP contribution in [-0.2, 0) is 0 Å². The molecule has 2 rings (SSSR count). The van der Waals surface area contributed by atoms with Crippen molar-refractivity contribution in [3.8, 4) is 5.75 Å². The van der Waals surface area contributed by atoms with E-state index in [2.05, 4.69) is 16.0 Å². The summed E-state index contributed by atoms with van der Waals surface area (Å²) in [5.41, 5.74) is 1.16. The van der Waals surface area contributed by atoms with Crippen LogP contribution in [0.1, 0.15) is 24.2 Å². The number of hydrogen-bond donors (Lipinski definition) is 3. The van der Waals surface area contributed by atoms with Crippen molar-refractivity contribution in [1.29, 1.82) is 0 Å². The third-order valence-electron chi connectivity index (χ3n) is 3.21. The Bertz CT molecular complexity index is 778. The highest BCUT2D eigenvalue weighted by atomic mass is 19.1. The van der Waals surface area contributed by atoms with E-state index >= 15 is 0 Å². The SMILES string of the molecule is COc1ccc(C(=O)Nc2cccc(NC(=O)NC(C)C)c2)cc1F. The Hall–Kier alpha value is -3.09. The fourth-order valence-corrected chi connectivity index (χ4v) is 2.11. The zero-order chi connectivity index (χ0) is 18.4. The second kappa shape index (κ2) is 8.14. The van der Waals surface area contributed by atoms with Gasteiger partial charge < -0.3 is 20.7 Å². The van der Waals surface area contributed by atoms with Crippen LogP contribution in [0.2, 0.25) is 0 Å². The molecular formula is C18H20FN3O3. The first-order chi connectivity index (χ1) is 11.9. The Balaban J connectivity index is 2.07. The van der Waals surface area contributed by atoms with Gasteiger partial charge in [0.25, 0.3) is 5.91 Å². The van der Waals surface area contributed by atoms with Crippen molar-refractivity contribution in [3.63, 3.8) is 0 Å². The van der Waals surface area contributed by atoms with Gasteiger partial charge in [0.15, 0.2) is 11.6 Å². The number of anilines is 2. The third kappa shape index (κ3) is 5.20. The van der Waals surface area contributed by atoms with Crippen molar-refractivity contribution < 1.29 is 18.7 Å². The van der Waals surface area contributed by atoms with Gasteiger partial charge in [0.05, 0.1) is 7.11 Å². The van der Waals surface area contributed by atoms with E-state index in [0.717, 1.165) is 6.07 Å². The molecule has 0 heterocycles. The van der Waals surface area contributed by atoms with Crippen LogP contribution >= 0.6 is 0 Å².